The van der Waals surface area contributed by atoms with Crippen LogP contribution in [-0.4, -0.2) is 61.8 Å². The molecule has 0 radical (unpaired) electrons. The van der Waals surface area contributed by atoms with Gasteiger partial charge in [-0.05, 0) is 55.2 Å². The molecule has 0 amide bonds. The number of carbonyl (C=O) groups excluding carboxylic acids is 1. The summed E-state index contributed by atoms with van der Waals surface area (Å²) >= 11 is 0. The van der Waals surface area contributed by atoms with Gasteiger partial charge in [-0.2, -0.15) is 0 Å². The van der Waals surface area contributed by atoms with E-state index in [1.165, 1.54) is 12.2 Å². The van der Waals surface area contributed by atoms with E-state index >= 15 is 0 Å². The van der Waals surface area contributed by atoms with Crippen molar-refractivity contribution in [3.8, 4) is 0 Å². The third kappa shape index (κ3) is 2.34. The second-order valence-corrected chi connectivity index (χ2v) is 9.52. The molecule has 0 aromatic carbocycles. The Balaban J connectivity index is 1.77. The lowest BCUT2D eigenvalue weighted by Crippen LogP contribution is -2.63. The third-order valence-corrected chi connectivity index (χ3v) is 8.45. The fourth-order valence-electron chi connectivity index (χ4n) is 7.12. The van der Waals surface area contributed by atoms with E-state index in [0.717, 1.165) is 0 Å². The number of aliphatic hydroxyl groups excluding tert-OH is 4. The number of carbonyl (C=O) groups is 1. The van der Waals surface area contributed by atoms with Crippen LogP contribution in [0.5, 0.6) is 0 Å². The van der Waals surface area contributed by atoms with Gasteiger partial charge in [0.1, 0.15) is 6.10 Å². The lowest BCUT2D eigenvalue weighted by molar-refractivity contribution is -0.207. The topological polar surface area (TPSA) is 118 Å². The number of ketones is 1. The molecule has 3 fully saturated rings. The van der Waals surface area contributed by atoms with Gasteiger partial charge in [0.25, 0.3) is 0 Å². The van der Waals surface area contributed by atoms with Gasteiger partial charge in [-0.3, -0.25) is 4.79 Å². The molecule has 6 nitrogen and oxygen atoms in total. The van der Waals surface area contributed by atoms with E-state index in [1.54, 1.807) is 0 Å². The summed E-state index contributed by atoms with van der Waals surface area (Å²) in [6.45, 7) is 3.34. The van der Waals surface area contributed by atoms with Gasteiger partial charge in [0.05, 0.1) is 24.4 Å². The lowest BCUT2D eigenvalue weighted by Gasteiger charge is -2.61. The Labute approximate surface area is 159 Å². The molecule has 0 unspecified atom stereocenters. The molecule has 4 aliphatic carbocycles. The van der Waals surface area contributed by atoms with Crippen molar-refractivity contribution in [3.05, 3.63) is 23.8 Å². The first-order valence-corrected chi connectivity index (χ1v) is 9.91. The van der Waals surface area contributed by atoms with Crippen molar-refractivity contribution in [2.24, 2.45) is 28.6 Å². The van der Waals surface area contributed by atoms with Gasteiger partial charge in [0.2, 0.25) is 0 Å². The summed E-state index contributed by atoms with van der Waals surface area (Å²) in [4.78, 5) is 11.9. The van der Waals surface area contributed by atoms with Crippen LogP contribution in [0, 0.1) is 28.6 Å². The van der Waals surface area contributed by atoms with Crippen molar-refractivity contribution in [1.82, 2.24) is 0 Å². The molecular weight excluding hydrogens is 348 g/mol. The molecule has 4 rings (SSSR count). The zero-order valence-corrected chi connectivity index (χ0v) is 15.9. The maximum absolute atomic E-state index is 11.9. The third-order valence-electron chi connectivity index (χ3n) is 8.45. The van der Waals surface area contributed by atoms with Crippen LogP contribution in [0.2, 0.25) is 0 Å². The van der Waals surface area contributed by atoms with Crippen LogP contribution >= 0.6 is 0 Å². The van der Waals surface area contributed by atoms with Crippen LogP contribution in [0.3, 0.4) is 0 Å². The van der Waals surface area contributed by atoms with Gasteiger partial charge < -0.3 is 25.5 Å². The summed E-state index contributed by atoms with van der Waals surface area (Å²) in [5.41, 5.74) is -2.14. The minimum absolute atomic E-state index is 0.0103. The Morgan fingerprint density at radius 1 is 1.30 bits per heavy atom. The molecule has 3 saturated carbocycles. The predicted molar refractivity (Wildman–Crippen MR) is 97.4 cm³/mol. The normalized spacial score (nSPS) is 52.6. The number of fused-ring (bicyclic) bond motifs is 5. The van der Waals surface area contributed by atoms with Gasteiger partial charge >= 0.3 is 0 Å². The second-order valence-electron chi connectivity index (χ2n) is 9.52. The highest BCUT2D eigenvalue weighted by atomic mass is 16.4. The predicted octanol–water partition coefficient (Wildman–Crippen LogP) is 0.320. The van der Waals surface area contributed by atoms with Gasteiger partial charge in [-0.1, -0.05) is 19.9 Å². The molecule has 0 heterocycles. The van der Waals surface area contributed by atoms with E-state index in [0.29, 0.717) is 31.3 Å². The number of aliphatic hydroxyl groups is 5. The maximum atomic E-state index is 11.9. The van der Waals surface area contributed by atoms with Crippen molar-refractivity contribution in [1.29, 1.82) is 0 Å². The first kappa shape index (κ1) is 19.3. The Kier molecular flexibility index (Phi) is 4.26. The van der Waals surface area contributed by atoms with E-state index in [1.807, 2.05) is 19.9 Å². The lowest BCUT2D eigenvalue weighted by atomic mass is 9.45. The SMILES string of the molecule is C[C@]12C=CC(=O)C=C1[C@H](O)C[C@@H]1[C@@H]2[C@@H](O)C[C@@]2(C)[C@H]1CC[C@]2(O)[C@H](O)CO. The highest BCUT2D eigenvalue weighted by molar-refractivity contribution is 6.01. The summed E-state index contributed by atoms with van der Waals surface area (Å²) < 4.78 is 0. The fourth-order valence-corrected chi connectivity index (χ4v) is 7.12. The van der Waals surface area contributed by atoms with Gasteiger partial charge in [-0.15, -0.1) is 0 Å². The van der Waals surface area contributed by atoms with Gasteiger partial charge in [0.15, 0.2) is 5.78 Å². The highest BCUT2D eigenvalue weighted by Crippen LogP contribution is 2.67. The van der Waals surface area contributed by atoms with Crippen LogP contribution in [0.15, 0.2) is 23.8 Å². The summed E-state index contributed by atoms with van der Waals surface area (Å²) in [7, 11) is 0. The van der Waals surface area contributed by atoms with E-state index in [2.05, 4.69) is 0 Å². The molecule has 6 heteroatoms. The first-order valence-electron chi connectivity index (χ1n) is 9.91. The molecule has 0 bridgehead atoms. The summed E-state index contributed by atoms with van der Waals surface area (Å²) in [5, 5.41) is 53.1. The molecule has 27 heavy (non-hydrogen) atoms. The standard InChI is InChI=1S/C21H30O6/c1-19-5-3-11(23)7-14(19)15(24)8-12-13-4-6-21(27,17(26)10-22)20(13,2)9-16(25)18(12)19/h3,5,7,12-13,15-18,22,24-27H,4,6,8-10H2,1-2H3/t12-,13-,15+,16-,17+,18+,19-,20-,21-/m0/s1. The minimum atomic E-state index is -1.46. The largest absolute Gasteiger partial charge is 0.394 e. The Morgan fingerprint density at radius 2 is 2.00 bits per heavy atom. The number of hydrogen-bond acceptors (Lipinski definition) is 6. The highest BCUT2D eigenvalue weighted by Gasteiger charge is 2.68. The van der Waals surface area contributed by atoms with Crippen molar-refractivity contribution in [2.45, 2.75) is 63.4 Å². The average molecular weight is 378 g/mol. The molecule has 4 aliphatic rings. The summed E-state index contributed by atoms with van der Waals surface area (Å²) in [6, 6.07) is 0. The molecule has 9 atom stereocenters. The first-order chi connectivity index (χ1) is 12.6. The van der Waals surface area contributed by atoms with Crippen molar-refractivity contribution in [3.63, 3.8) is 0 Å². The number of allylic oxidation sites excluding steroid dienone is 3. The summed E-state index contributed by atoms with van der Waals surface area (Å²) in [5.74, 6) is -0.343. The second kappa shape index (κ2) is 5.97. The molecule has 0 aromatic heterocycles. The molecule has 0 aromatic rings. The molecular formula is C21H30O6. The fraction of sp³-hybridized carbons (Fsp3) is 0.762. The van der Waals surface area contributed by atoms with E-state index in [4.69, 9.17) is 0 Å². The smallest absolute Gasteiger partial charge is 0.178 e. The molecule has 0 spiro atoms. The van der Waals surface area contributed by atoms with Crippen molar-refractivity contribution < 1.29 is 30.3 Å². The van der Waals surface area contributed by atoms with Crippen LogP contribution < -0.4 is 0 Å². The number of rotatable bonds is 2. The van der Waals surface area contributed by atoms with Gasteiger partial charge in [0, 0.05) is 16.7 Å². The zero-order chi connectivity index (χ0) is 19.8. The Morgan fingerprint density at radius 3 is 2.67 bits per heavy atom. The quantitative estimate of drug-likeness (QED) is 0.472. The molecule has 5 N–H and O–H groups in total. The van der Waals surface area contributed by atoms with E-state index in [9.17, 15) is 30.3 Å². The van der Waals surface area contributed by atoms with Crippen molar-refractivity contribution in [2.75, 3.05) is 6.61 Å². The van der Waals surface area contributed by atoms with Crippen LogP contribution in [0.1, 0.15) is 39.5 Å². The van der Waals surface area contributed by atoms with Gasteiger partial charge in [-0.25, -0.2) is 0 Å². The zero-order valence-electron chi connectivity index (χ0n) is 15.9. The average Bonchev–Trinajstić information content (AvgIpc) is 2.87. The monoisotopic (exact) mass is 378 g/mol. The summed E-state index contributed by atoms with van der Waals surface area (Å²) in [6.07, 6.45) is 3.83. The minimum Gasteiger partial charge on any atom is -0.394 e. The Hall–Kier alpha value is -1.05. The molecule has 0 aliphatic heterocycles. The maximum Gasteiger partial charge on any atom is 0.178 e. The van der Waals surface area contributed by atoms with Crippen LogP contribution in [-0.2, 0) is 4.79 Å². The van der Waals surface area contributed by atoms with Crippen LogP contribution in [0.4, 0.5) is 0 Å². The number of hydrogen-bond donors (Lipinski definition) is 5. The molecule has 0 saturated heterocycles. The molecule has 150 valence electrons. The van der Waals surface area contributed by atoms with E-state index in [-0.39, 0.29) is 23.5 Å². The Bertz CT molecular complexity index is 715. The van der Waals surface area contributed by atoms with E-state index < -0.39 is 41.3 Å². The van der Waals surface area contributed by atoms with Crippen LogP contribution in [0.25, 0.3) is 0 Å². The van der Waals surface area contributed by atoms with Crippen molar-refractivity contribution >= 4 is 5.78 Å².